The Bertz CT molecular complexity index is 1560. The van der Waals surface area contributed by atoms with E-state index in [1.807, 2.05) is 62.3 Å². The lowest BCUT2D eigenvalue weighted by atomic mass is 9.79. The van der Waals surface area contributed by atoms with Crippen LogP contribution >= 0.6 is 11.8 Å². The molecule has 3 aliphatic rings. The summed E-state index contributed by atoms with van der Waals surface area (Å²) in [5.41, 5.74) is 2.64. The van der Waals surface area contributed by atoms with E-state index in [9.17, 15) is 20.2 Å². The van der Waals surface area contributed by atoms with Gasteiger partial charge in [0.05, 0.1) is 40.3 Å². The number of carbonyl (C=O) groups is 1. The van der Waals surface area contributed by atoms with E-state index in [0.29, 0.717) is 65.1 Å². The highest BCUT2D eigenvalue weighted by atomic mass is 32.2. The largest absolute Gasteiger partial charge is 0.497 e. The van der Waals surface area contributed by atoms with Gasteiger partial charge in [0, 0.05) is 49.1 Å². The summed E-state index contributed by atoms with van der Waals surface area (Å²) in [7, 11) is 1.59. The first-order chi connectivity index (χ1) is 21.4. The molecule has 5 rings (SSSR count). The predicted octanol–water partition coefficient (Wildman–Crippen LogP) is 5.58. The van der Waals surface area contributed by atoms with Crippen molar-refractivity contribution in [3.8, 4) is 11.8 Å². The van der Waals surface area contributed by atoms with Gasteiger partial charge >= 0.3 is 6.09 Å². The van der Waals surface area contributed by atoms with Crippen molar-refractivity contribution in [2.75, 3.05) is 44.4 Å². The van der Waals surface area contributed by atoms with Gasteiger partial charge in [0.1, 0.15) is 11.4 Å². The Hall–Kier alpha value is -4.25. The fraction of sp³-hybridized carbons (Fsp3) is 0.438. The van der Waals surface area contributed by atoms with Gasteiger partial charge in [0.2, 0.25) is 0 Å². The Morgan fingerprint density at radius 2 is 1.80 bits per heavy atom. The summed E-state index contributed by atoms with van der Waals surface area (Å²) in [4.78, 5) is 28.4. The maximum Gasteiger partial charge on any atom is 0.410 e. The lowest BCUT2D eigenvalue weighted by molar-refractivity contribution is -0.385. The normalized spacial score (nSPS) is 21.9. The molecule has 3 heterocycles. The molecule has 2 aromatic carbocycles. The zero-order valence-corrected chi connectivity index (χ0v) is 27.0. The Morgan fingerprint density at radius 1 is 1.13 bits per heavy atom. The molecular weight excluding hydrogens is 598 g/mol. The number of nitro benzene ring substituents is 1. The molecular formula is C32H37N5O7S. The Kier molecular flexibility index (Phi) is 9.29. The van der Waals surface area contributed by atoms with Crippen LogP contribution in [-0.4, -0.2) is 73.6 Å². The molecule has 2 saturated heterocycles. The first-order valence-electron chi connectivity index (χ1n) is 14.6. The Balaban J connectivity index is 1.55. The molecule has 3 aliphatic heterocycles. The van der Waals surface area contributed by atoms with Crippen LogP contribution in [0.25, 0.3) is 5.70 Å². The monoisotopic (exact) mass is 635 g/mol. The topological polar surface area (TPSA) is 139 Å². The Morgan fingerprint density at radius 3 is 2.33 bits per heavy atom. The van der Waals surface area contributed by atoms with Crippen LogP contribution in [0.1, 0.15) is 44.7 Å². The van der Waals surface area contributed by atoms with E-state index in [-0.39, 0.29) is 11.8 Å². The van der Waals surface area contributed by atoms with Gasteiger partial charge in [0.25, 0.3) is 5.69 Å². The smallest absolute Gasteiger partial charge is 0.410 e. The fourth-order valence-electron chi connectivity index (χ4n) is 5.64. The molecule has 1 atom stereocenters. The second kappa shape index (κ2) is 13.0. The second-order valence-corrected chi connectivity index (χ2v) is 12.6. The highest BCUT2D eigenvalue weighted by Gasteiger charge is 2.44. The number of nitro groups is 1. The van der Waals surface area contributed by atoms with Crippen molar-refractivity contribution >= 4 is 34.9 Å². The maximum absolute atomic E-state index is 12.7. The van der Waals surface area contributed by atoms with Crippen LogP contribution in [0.3, 0.4) is 0 Å². The first kappa shape index (κ1) is 32.2. The number of hydrogen-bond acceptors (Lipinski definition) is 11. The minimum absolute atomic E-state index is 0.124. The number of thioether (sulfide) groups is 1. The number of dihydropyridines is 1. The number of benzene rings is 2. The molecule has 1 amide bonds. The molecule has 2 fully saturated rings. The Labute approximate surface area is 266 Å². The van der Waals surface area contributed by atoms with Crippen molar-refractivity contribution in [1.29, 1.82) is 5.26 Å². The SMILES string of the molecule is COc1ccc(C2=C(C3OC(C)O3)C(c3ccc(N4CCN(C(=O)OC(C)(C)C)CC4)cc3[N+](=O)[O-])C(C#N)=C(SC)N2)cc1. The van der Waals surface area contributed by atoms with Crippen LogP contribution in [0.4, 0.5) is 16.2 Å². The van der Waals surface area contributed by atoms with E-state index in [2.05, 4.69) is 11.4 Å². The number of ether oxygens (including phenoxy) is 4. The van der Waals surface area contributed by atoms with Gasteiger partial charge in [-0.25, -0.2) is 4.79 Å². The van der Waals surface area contributed by atoms with Crippen molar-refractivity contribution in [3.63, 3.8) is 0 Å². The summed E-state index contributed by atoms with van der Waals surface area (Å²) >= 11 is 1.35. The van der Waals surface area contributed by atoms with Gasteiger partial charge in [0.15, 0.2) is 12.6 Å². The summed E-state index contributed by atoms with van der Waals surface area (Å²) in [5, 5.41) is 27.1. The van der Waals surface area contributed by atoms with Crippen LogP contribution < -0.4 is 15.0 Å². The summed E-state index contributed by atoms with van der Waals surface area (Å²) < 4.78 is 22.8. The number of piperazine rings is 1. The van der Waals surface area contributed by atoms with Gasteiger partial charge in [-0.15, -0.1) is 11.8 Å². The molecule has 2 aromatic rings. The van der Waals surface area contributed by atoms with Gasteiger partial charge in [-0.3, -0.25) is 10.1 Å². The van der Waals surface area contributed by atoms with Crippen LogP contribution in [0, 0.1) is 21.4 Å². The van der Waals surface area contributed by atoms with E-state index in [0.717, 1.165) is 5.56 Å². The van der Waals surface area contributed by atoms with E-state index in [1.165, 1.54) is 11.8 Å². The van der Waals surface area contributed by atoms with Crippen LogP contribution in [0.2, 0.25) is 0 Å². The van der Waals surface area contributed by atoms with Crippen molar-refractivity contribution < 1.29 is 28.7 Å². The molecule has 0 aliphatic carbocycles. The van der Waals surface area contributed by atoms with E-state index < -0.39 is 29.0 Å². The predicted molar refractivity (Wildman–Crippen MR) is 170 cm³/mol. The lowest BCUT2D eigenvalue weighted by Crippen LogP contribution is -2.50. The highest BCUT2D eigenvalue weighted by Crippen LogP contribution is 2.49. The van der Waals surface area contributed by atoms with Crippen molar-refractivity contribution in [2.24, 2.45) is 0 Å². The number of carbonyl (C=O) groups excluding carboxylic acids is 1. The average molecular weight is 636 g/mol. The fourth-order valence-corrected chi connectivity index (χ4v) is 6.23. The molecule has 45 heavy (non-hydrogen) atoms. The van der Waals surface area contributed by atoms with Crippen LogP contribution in [-0.2, 0) is 14.2 Å². The molecule has 0 bridgehead atoms. The van der Waals surface area contributed by atoms with Gasteiger partial charge < -0.3 is 34.1 Å². The third-order valence-electron chi connectivity index (χ3n) is 7.78. The van der Waals surface area contributed by atoms with E-state index in [1.54, 1.807) is 31.1 Å². The molecule has 238 valence electrons. The van der Waals surface area contributed by atoms with Crippen molar-refractivity contribution in [1.82, 2.24) is 10.2 Å². The molecule has 12 nitrogen and oxygen atoms in total. The van der Waals surface area contributed by atoms with Gasteiger partial charge in [-0.05, 0) is 75.9 Å². The molecule has 1 unspecified atom stereocenters. The number of nitriles is 1. The second-order valence-electron chi connectivity index (χ2n) is 11.8. The van der Waals surface area contributed by atoms with Gasteiger partial charge in [-0.1, -0.05) is 0 Å². The number of anilines is 1. The maximum atomic E-state index is 12.7. The third-order valence-corrected chi connectivity index (χ3v) is 8.51. The summed E-state index contributed by atoms with van der Waals surface area (Å²) in [6, 6.07) is 14.8. The molecule has 13 heteroatoms. The minimum Gasteiger partial charge on any atom is -0.497 e. The summed E-state index contributed by atoms with van der Waals surface area (Å²) in [5.74, 6) is -0.138. The van der Waals surface area contributed by atoms with Crippen LogP contribution in [0.15, 0.2) is 58.6 Å². The van der Waals surface area contributed by atoms with E-state index >= 15 is 0 Å². The molecule has 1 N–H and O–H groups in total. The number of hydrogen-bond donors (Lipinski definition) is 1. The van der Waals surface area contributed by atoms with Crippen LogP contribution in [0.5, 0.6) is 5.75 Å². The lowest BCUT2D eigenvalue weighted by Gasteiger charge is -2.41. The average Bonchev–Trinajstić information content (AvgIpc) is 3.01. The molecule has 0 saturated carbocycles. The minimum atomic E-state index is -0.818. The number of allylic oxidation sites excluding steroid dienone is 1. The zero-order chi connectivity index (χ0) is 32.5. The van der Waals surface area contributed by atoms with E-state index in [4.69, 9.17) is 18.9 Å². The summed E-state index contributed by atoms with van der Waals surface area (Å²) in [6.07, 6.45) is 0.187. The highest BCUT2D eigenvalue weighted by molar-refractivity contribution is 8.02. The third kappa shape index (κ3) is 6.73. The molecule has 0 aromatic heterocycles. The summed E-state index contributed by atoms with van der Waals surface area (Å²) in [6.45, 7) is 9.04. The number of nitrogens with one attached hydrogen (secondary N) is 1. The van der Waals surface area contributed by atoms with Crippen molar-refractivity contribution in [2.45, 2.75) is 51.8 Å². The number of nitrogens with zero attached hydrogens (tertiary/aromatic N) is 4. The molecule has 0 spiro atoms. The van der Waals surface area contributed by atoms with Crippen molar-refractivity contribution in [3.05, 3.63) is 79.9 Å². The zero-order valence-electron chi connectivity index (χ0n) is 26.2. The van der Waals surface area contributed by atoms with Gasteiger partial charge in [-0.2, -0.15) is 5.26 Å². The first-order valence-corrected chi connectivity index (χ1v) is 15.8. The number of rotatable bonds is 7. The number of amides is 1. The quantitative estimate of drug-likeness (QED) is 0.301. The number of methoxy groups -OCH3 is 1. The standard InChI is InChI=1S/C32H37N5O7S/c1-19-42-30(43-19)27-26(24(18-33)29(45-6)34-28(27)20-7-10-22(41-5)11-8-20)23-12-9-21(17-25(23)37(39)40)35-13-15-36(16-14-35)31(38)44-32(2,3)4/h7-12,17,19,26,30,34H,13-16H2,1-6H3. The molecule has 0 radical (unpaired) electrons.